The highest BCUT2D eigenvalue weighted by Crippen LogP contribution is 2.15. The van der Waals surface area contributed by atoms with Crippen molar-refractivity contribution in [1.29, 1.82) is 0 Å². The summed E-state index contributed by atoms with van der Waals surface area (Å²) in [6, 6.07) is 8.04. The zero-order valence-electron chi connectivity index (χ0n) is 16.8. The van der Waals surface area contributed by atoms with E-state index in [1.54, 1.807) is 0 Å². The molecule has 3 N–H and O–H groups in total. The second-order valence-corrected chi connectivity index (χ2v) is 7.07. The van der Waals surface area contributed by atoms with Gasteiger partial charge in [0.05, 0.1) is 6.54 Å². The van der Waals surface area contributed by atoms with Crippen LogP contribution in [0, 0.1) is 0 Å². The number of aromatic amines is 1. The van der Waals surface area contributed by atoms with Crippen LogP contribution in [0.4, 0.5) is 0 Å². The van der Waals surface area contributed by atoms with Crippen molar-refractivity contribution in [3.8, 4) is 0 Å². The summed E-state index contributed by atoms with van der Waals surface area (Å²) in [6.45, 7) is 7.25. The minimum absolute atomic E-state index is 0.0807. The van der Waals surface area contributed by atoms with Gasteiger partial charge in [-0.25, -0.2) is 0 Å². The van der Waals surface area contributed by atoms with E-state index in [0.29, 0.717) is 49.9 Å². The largest absolute Gasteiger partial charge is 0.396 e. The predicted molar refractivity (Wildman–Crippen MR) is 118 cm³/mol. The lowest BCUT2D eigenvalue weighted by Gasteiger charge is -2.25. The van der Waals surface area contributed by atoms with E-state index in [1.165, 1.54) is 5.56 Å². The summed E-state index contributed by atoms with van der Waals surface area (Å²) < 4.78 is 5.34. The lowest BCUT2D eigenvalue weighted by Crippen LogP contribution is -2.41. The maximum absolute atomic E-state index is 12.5. The van der Waals surface area contributed by atoms with Crippen LogP contribution in [-0.4, -0.2) is 53.0 Å². The molecule has 0 spiro atoms. The van der Waals surface area contributed by atoms with Crippen molar-refractivity contribution >= 4 is 28.2 Å². The SMILES string of the molecule is CCOCCCNC(=S)N(CCCO)Cc1cc2cc(CC)ccc2[nH]c1=O. The summed E-state index contributed by atoms with van der Waals surface area (Å²) in [6.07, 6.45) is 2.40. The summed E-state index contributed by atoms with van der Waals surface area (Å²) in [4.78, 5) is 17.4. The number of fused-ring (bicyclic) bond motifs is 1. The molecular weight excluding hydrogens is 374 g/mol. The highest BCUT2D eigenvalue weighted by atomic mass is 32.1. The van der Waals surface area contributed by atoms with E-state index in [9.17, 15) is 9.90 Å². The topological polar surface area (TPSA) is 77.6 Å². The minimum atomic E-state index is -0.107. The maximum atomic E-state index is 12.5. The molecule has 0 fully saturated rings. The molecule has 0 bridgehead atoms. The van der Waals surface area contributed by atoms with E-state index < -0.39 is 0 Å². The van der Waals surface area contributed by atoms with Crippen LogP contribution >= 0.6 is 12.2 Å². The van der Waals surface area contributed by atoms with Gasteiger partial charge in [-0.1, -0.05) is 13.0 Å². The van der Waals surface area contributed by atoms with Crippen LogP contribution in [0.15, 0.2) is 29.1 Å². The fourth-order valence-corrected chi connectivity index (χ4v) is 3.24. The molecule has 0 radical (unpaired) electrons. The zero-order chi connectivity index (χ0) is 20.4. The van der Waals surface area contributed by atoms with E-state index >= 15 is 0 Å². The van der Waals surface area contributed by atoms with Gasteiger partial charge < -0.3 is 25.0 Å². The van der Waals surface area contributed by atoms with Crippen LogP contribution in [0.3, 0.4) is 0 Å². The first kappa shape index (κ1) is 22.3. The summed E-state index contributed by atoms with van der Waals surface area (Å²) in [5, 5.41) is 14.1. The van der Waals surface area contributed by atoms with Gasteiger partial charge in [0.15, 0.2) is 5.11 Å². The first-order valence-corrected chi connectivity index (χ1v) is 10.4. The van der Waals surface area contributed by atoms with Crippen molar-refractivity contribution in [3.05, 3.63) is 45.7 Å². The van der Waals surface area contributed by atoms with Gasteiger partial charge in [0.25, 0.3) is 5.56 Å². The second-order valence-electron chi connectivity index (χ2n) is 6.68. The first-order valence-electron chi connectivity index (χ1n) is 9.95. The number of aliphatic hydroxyl groups excluding tert-OH is 1. The normalized spacial score (nSPS) is 11.0. The van der Waals surface area contributed by atoms with E-state index in [2.05, 4.69) is 23.3 Å². The number of aryl methyl sites for hydroxylation is 1. The van der Waals surface area contributed by atoms with Gasteiger partial charge in [-0.05, 0) is 67.6 Å². The number of rotatable bonds is 11. The number of thiocarbonyl (C=S) groups is 1. The third-order valence-electron chi connectivity index (χ3n) is 4.57. The number of pyridine rings is 1. The Kier molecular flexibility index (Phi) is 9.40. The van der Waals surface area contributed by atoms with Crippen LogP contribution in [-0.2, 0) is 17.7 Å². The molecule has 7 heteroatoms. The maximum Gasteiger partial charge on any atom is 0.253 e. The van der Waals surface area contributed by atoms with Crippen molar-refractivity contribution in [2.45, 2.75) is 39.7 Å². The van der Waals surface area contributed by atoms with E-state index in [-0.39, 0.29) is 12.2 Å². The molecule has 28 heavy (non-hydrogen) atoms. The number of aliphatic hydroxyl groups is 1. The Bertz CT molecular complexity index is 822. The van der Waals surface area contributed by atoms with Gasteiger partial charge in [-0.3, -0.25) is 4.79 Å². The fourth-order valence-electron chi connectivity index (χ4n) is 2.98. The molecule has 6 nitrogen and oxygen atoms in total. The number of nitrogens with one attached hydrogen (secondary N) is 2. The Balaban J connectivity index is 2.12. The summed E-state index contributed by atoms with van der Waals surface area (Å²) >= 11 is 5.52. The molecule has 1 heterocycles. The number of hydrogen-bond donors (Lipinski definition) is 3. The minimum Gasteiger partial charge on any atom is -0.396 e. The summed E-state index contributed by atoms with van der Waals surface area (Å²) in [7, 11) is 0. The molecule has 0 aliphatic carbocycles. The molecule has 0 aliphatic heterocycles. The van der Waals surface area contributed by atoms with Crippen LogP contribution in [0.25, 0.3) is 10.9 Å². The molecule has 0 saturated heterocycles. The molecular formula is C21H31N3O3S. The highest BCUT2D eigenvalue weighted by molar-refractivity contribution is 7.80. The monoisotopic (exact) mass is 405 g/mol. The van der Waals surface area contributed by atoms with Crippen LogP contribution in [0.5, 0.6) is 0 Å². The van der Waals surface area contributed by atoms with Crippen LogP contribution in [0.1, 0.15) is 37.8 Å². The molecule has 0 saturated carbocycles. The van der Waals surface area contributed by atoms with Gasteiger partial charge in [-0.15, -0.1) is 0 Å². The number of ether oxygens (including phenoxy) is 1. The Morgan fingerprint density at radius 1 is 1.29 bits per heavy atom. The van der Waals surface area contributed by atoms with Gasteiger partial charge in [-0.2, -0.15) is 0 Å². The number of aromatic nitrogens is 1. The smallest absolute Gasteiger partial charge is 0.253 e. The molecule has 0 unspecified atom stereocenters. The lowest BCUT2D eigenvalue weighted by molar-refractivity contribution is 0.145. The Hall–Kier alpha value is -1.96. The molecule has 2 aromatic rings. The Morgan fingerprint density at radius 3 is 2.82 bits per heavy atom. The van der Waals surface area contributed by atoms with Gasteiger partial charge in [0.2, 0.25) is 0 Å². The average molecular weight is 406 g/mol. The summed E-state index contributed by atoms with van der Waals surface area (Å²) in [5.74, 6) is 0. The number of hydrogen-bond acceptors (Lipinski definition) is 4. The molecule has 0 aliphatic rings. The Labute approximate surface area is 171 Å². The van der Waals surface area contributed by atoms with Crippen molar-refractivity contribution < 1.29 is 9.84 Å². The number of nitrogens with zero attached hydrogens (tertiary/aromatic N) is 1. The van der Waals surface area contributed by atoms with E-state index in [1.807, 2.05) is 30.0 Å². The van der Waals surface area contributed by atoms with Crippen LogP contribution < -0.4 is 10.9 Å². The zero-order valence-corrected chi connectivity index (χ0v) is 17.6. The fraction of sp³-hybridized carbons (Fsp3) is 0.524. The highest BCUT2D eigenvalue weighted by Gasteiger charge is 2.13. The third kappa shape index (κ3) is 6.58. The molecule has 154 valence electrons. The van der Waals surface area contributed by atoms with Gasteiger partial charge >= 0.3 is 0 Å². The van der Waals surface area contributed by atoms with Crippen LogP contribution in [0.2, 0.25) is 0 Å². The standard InChI is InChI=1S/C21H31N3O3S/c1-3-16-7-8-19-17(13-16)14-18(20(26)23-19)15-24(10-6-11-25)21(28)22-9-5-12-27-4-2/h7-8,13-14,25H,3-6,9-12,15H2,1-2H3,(H,22,28)(H,23,26). The van der Waals surface area contributed by atoms with Crippen molar-refractivity contribution in [2.24, 2.45) is 0 Å². The third-order valence-corrected chi connectivity index (χ3v) is 4.98. The van der Waals surface area contributed by atoms with Gasteiger partial charge in [0, 0.05) is 44.0 Å². The lowest BCUT2D eigenvalue weighted by atomic mass is 10.1. The number of benzene rings is 1. The average Bonchev–Trinajstić information content (AvgIpc) is 2.70. The summed E-state index contributed by atoms with van der Waals surface area (Å²) in [5.41, 5.74) is 2.63. The number of H-pyrrole nitrogens is 1. The molecule has 0 amide bonds. The Morgan fingerprint density at radius 2 is 2.11 bits per heavy atom. The molecule has 0 atom stereocenters. The predicted octanol–water partition coefficient (Wildman–Crippen LogP) is 2.58. The molecule has 1 aromatic heterocycles. The van der Waals surface area contributed by atoms with Gasteiger partial charge in [0.1, 0.15) is 0 Å². The van der Waals surface area contributed by atoms with Crippen molar-refractivity contribution in [2.75, 3.05) is 32.9 Å². The quantitative estimate of drug-likeness (QED) is 0.394. The second kappa shape index (κ2) is 11.8. The first-order chi connectivity index (χ1) is 13.6. The van der Waals surface area contributed by atoms with E-state index in [0.717, 1.165) is 23.7 Å². The molecule has 2 rings (SSSR count). The van der Waals surface area contributed by atoms with E-state index in [4.69, 9.17) is 17.0 Å². The molecule has 1 aromatic carbocycles. The van der Waals surface area contributed by atoms with Crippen molar-refractivity contribution in [3.63, 3.8) is 0 Å². The van der Waals surface area contributed by atoms with Crippen molar-refractivity contribution in [1.82, 2.24) is 15.2 Å².